The van der Waals surface area contributed by atoms with E-state index in [-0.39, 0.29) is 12.5 Å². The number of carbonyl (C=O) groups excluding carboxylic acids is 1. The summed E-state index contributed by atoms with van der Waals surface area (Å²) >= 11 is 5.64. The molecule has 0 aliphatic heterocycles. The van der Waals surface area contributed by atoms with Gasteiger partial charge in [0.1, 0.15) is 5.15 Å². The highest BCUT2D eigenvalue weighted by Crippen LogP contribution is 2.15. The number of rotatable bonds is 3. The van der Waals surface area contributed by atoms with E-state index in [1.807, 2.05) is 0 Å². The topological polar surface area (TPSA) is 53.4 Å². The molecular weight excluding hydrogens is 228 g/mol. The molecule has 0 aliphatic rings. The van der Waals surface area contributed by atoms with Crippen molar-refractivity contribution < 1.29 is 9.90 Å². The van der Waals surface area contributed by atoms with E-state index >= 15 is 0 Å². The third-order valence-corrected chi connectivity index (χ3v) is 2.80. The van der Waals surface area contributed by atoms with Crippen LogP contribution >= 0.6 is 11.6 Å². The Morgan fingerprint density at radius 1 is 1.56 bits per heavy atom. The van der Waals surface area contributed by atoms with Crippen LogP contribution in [0.4, 0.5) is 0 Å². The Morgan fingerprint density at radius 3 is 2.62 bits per heavy atom. The van der Waals surface area contributed by atoms with Gasteiger partial charge in [0.05, 0.1) is 17.7 Å². The summed E-state index contributed by atoms with van der Waals surface area (Å²) in [6.07, 6.45) is 1.43. The van der Waals surface area contributed by atoms with Crippen molar-refractivity contribution >= 4 is 17.5 Å². The van der Waals surface area contributed by atoms with Crippen LogP contribution in [0, 0.1) is 0 Å². The fourth-order valence-corrected chi connectivity index (χ4v) is 1.19. The molecule has 0 saturated carbocycles. The van der Waals surface area contributed by atoms with Crippen LogP contribution in [-0.4, -0.2) is 40.1 Å². The van der Waals surface area contributed by atoms with Gasteiger partial charge in [-0.1, -0.05) is 11.6 Å². The first kappa shape index (κ1) is 12.9. The number of amides is 1. The Kier molecular flexibility index (Phi) is 3.88. The van der Waals surface area contributed by atoms with Gasteiger partial charge in [-0.05, 0) is 26.0 Å². The first-order valence-corrected chi connectivity index (χ1v) is 5.27. The predicted octanol–water partition coefficient (Wildman–Crippen LogP) is 1.58. The highest BCUT2D eigenvalue weighted by molar-refractivity contribution is 6.29. The van der Waals surface area contributed by atoms with Crippen LogP contribution in [0.3, 0.4) is 0 Å². The average molecular weight is 243 g/mol. The summed E-state index contributed by atoms with van der Waals surface area (Å²) < 4.78 is 0. The van der Waals surface area contributed by atoms with Gasteiger partial charge in [-0.25, -0.2) is 4.98 Å². The average Bonchev–Trinajstić information content (AvgIpc) is 2.28. The van der Waals surface area contributed by atoms with Gasteiger partial charge in [0.2, 0.25) is 0 Å². The summed E-state index contributed by atoms with van der Waals surface area (Å²) in [5.41, 5.74) is -0.148. The van der Waals surface area contributed by atoms with Crippen molar-refractivity contribution in [2.45, 2.75) is 19.4 Å². The predicted molar refractivity (Wildman–Crippen MR) is 62.5 cm³/mol. The van der Waals surface area contributed by atoms with Crippen molar-refractivity contribution in [3.8, 4) is 0 Å². The third kappa shape index (κ3) is 2.71. The fraction of sp³-hybridized carbons (Fsp3) is 0.455. The van der Waals surface area contributed by atoms with Crippen LogP contribution in [0.15, 0.2) is 18.3 Å². The van der Waals surface area contributed by atoms with Crippen molar-refractivity contribution in [2.24, 2.45) is 0 Å². The maximum absolute atomic E-state index is 12.0. The quantitative estimate of drug-likeness (QED) is 0.819. The molecule has 88 valence electrons. The van der Waals surface area contributed by atoms with E-state index in [9.17, 15) is 9.90 Å². The second kappa shape index (κ2) is 4.80. The molecule has 0 aliphatic carbocycles. The summed E-state index contributed by atoms with van der Waals surface area (Å²) in [5.74, 6) is -0.191. The van der Waals surface area contributed by atoms with E-state index in [2.05, 4.69) is 4.98 Å². The molecule has 5 heteroatoms. The van der Waals surface area contributed by atoms with Crippen LogP contribution in [0.5, 0.6) is 0 Å². The molecule has 1 N–H and O–H groups in total. The fourth-order valence-electron chi connectivity index (χ4n) is 1.08. The molecule has 4 nitrogen and oxygen atoms in total. The lowest BCUT2D eigenvalue weighted by Crippen LogP contribution is -2.47. The maximum Gasteiger partial charge on any atom is 0.255 e. The smallest absolute Gasteiger partial charge is 0.255 e. The summed E-state index contributed by atoms with van der Waals surface area (Å²) in [5, 5.41) is 9.52. The molecule has 0 bridgehead atoms. The van der Waals surface area contributed by atoms with Crippen molar-refractivity contribution in [1.29, 1.82) is 0 Å². The number of hydrogen-bond donors (Lipinski definition) is 1. The Balaban J connectivity index is 2.90. The molecule has 1 rings (SSSR count). The lowest BCUT2D eigenvalue weighted by atomic mass is 10.0. The van der Waals surface area contributed by atoms with E-state index in [1.165, 1.54) is 11.1 Å². The number of aromatic nitrogens is 1. The van der Waals surface area contributed by atoms with Gasteiger partial charge in [0, 0.05) is 13.2 Å². The summed E-state index contributed by atoms with van der Waals surface area (Å²) in [7, 11) is 1.65. The number of pyridine rings is 1. The molecule has 1 amide bonds. The summed E-state index contributed by atoms with van der Waals surface area (Å²) in [6.45, 7) is 3.47. The van der Waals surface area contributed by atoms with Crippen LogP contribution in [-0.2, 0) is 0 Å². The molecule has 0 atom stereocenters. The molecule has 1 aromatic heterocycles. The van der Waals surface area contributed by atoms with Crippen LogP contribution < -0.4 is 0 Å². The minimum atomic E-state index is -0.600. The number of carbonyl (C=O) groups is 1. The van der Waals surface area contributed by atoms with E-state index in [1.54, 1.807) is 33.0 Å². The molecule has 0 saturated heterocycles. The zero-order chi connectivity index (χ0) is 12.3. The minimum Gasteiger partial charge on any atom is -0.394 e. The third-order valence-electron chi connectivity index (χ3n) is 2.57. The minimum absolute atomic E-state index is 0.101. The molecule has 0 fully saturated rings. The van der Waals surface area contributed by atoms with Crippen LogP contribution in [0.2, 0.25) is 5.15 Å². The number of nitrogens with zero attached hydrogens (tertiary/aromatic N) is 2. The lowest BCUT2D eigenvalue weighted by molar-refractivity contribution is 0.0473. The van der Waals surface area contributed by atoms with E-state index in [0.717, 1.165) is 0 Å². The van der Waals surface area contributed by atoms with Gasteiger partial charge in [-0.2, -0.15) is 0 Å². The largest absolute Gasteiger partial charge is 0.394 e. The van der Waals surface area contributed by atoms with Gasteiger partial charge >= 0.3 is 0 Å². The number of aliphatic hydroxyl groups is 1. The highest BCUT2D eigenvalue weighted by Gasteiger charge is 2.27. The highest BCUT2D eigenvalue weighted by atomic mass is 35.5. The summed E-state index contributed by atoms with van der Waals surface area (Å²) in [6, 6.07) is 3.18. The van der Waals surface area contributed by atoms with Gasteiger partial charge in [-0.15, -0.1) is 0 Å². The molecule has 16 heavy (non-hydrogen) atoms. The Bertz CT molecular complexity index is 376. The zero-order valence-corrected chi connectivity index (χ0v) is 10.3. The molecule has 0 radical (unpaired) electrons. The standard InChI is InChI=1S/C11H15ClN2O2/c1-11(2,7-15)14(3)10(16)8-4-5-9(12)13-6-8/h4-6,15H,7H2,1-3H3. The second-order valence-electron chi connectivity index (χ2n) is 4.20. The molecular formula is C11H15ClN2O2. The van der Waals surface area contributed by atoms with Crippen LogP contribution in [0.1, 0.15) is 24.2 Å². The van der Waals surface area contributed by atoms with Gasteiger partial charge in [0.25, 0.3) is 5.91 Å². The number of likely N-dealkylation sites (N-methyl/N-ethyl adjacent to an activating group) is 1. The lowest BCUT2D eigenvalue weighted by Gasteiger charge is -2.33. The first-order chi connectivity index (χ1) is 7.38. The number of hydrogen-bond acceptors (Lipinski definition) is 3. The zero-order valence-electron chi connectivity index (χ0n) is 9.57. The Morgan fingerprint density at radius 2 is 2.19 bits per heavy atom. The van der Waals surface area contributed by atoms with Crippen LogP contribution in [0.25, 0.3) is 0 Å². The normalized spacial score (nSPS) is 11.3. The molecule has 0 unspecified atom stereocenters. The Labute approximate surface area is 99.9 Å². The Hall–Kier alpha value is -1.13. The number of aliphatic hydroxyl groups excluding tert-OH is 1. The monoisotopic (exact) mass is 242 g/mol. The van der Waals surface area contributed by atoms with Gasteiger partial charge < -0.3 is 10.0 Å². The van der Waals surface area contributed by atoms with Crippen molar-refractivity contribution in [2.75, 3.05) is 13.7 Å². The molecule has 0 spiro atoms. The maximum atomic E-state index is 12.0. The van der Waals surface area contributed by atoms with Gasteiger partial charge in [0.15, 0.2) is 0 Å². The summed E-state index contributed by atoms with van der Waals surface area (Å²) in [4.78, 5) is 17.3. The molecule has 0 aromatic carbocycles. The molecule has 1 aromatic rings. The molecule has 1 heterocycles. The number of halogens is 1. The van der Waals surface area contributed by atoms with Crippen molar-refractivity contribution in [1.82, 2.24) is 9.88 Å². The first-order valence-electron chi connectivity index (χ1n) is 4.89. The van der Waals surface area contributed by atoms with E-state index in [0.29, 0.717) is 10.7 Å². The second-order valence-corrected chi connectivity index (χ2v) is 4.59. The van der Waals surface area contributed by atoms with Crippen molar-refractivity contribution in [3.63, 3.8) is 0 Å². The SMILES string of the molecule is CN(C(=O)c1ccc(Cl)nc1)C(C)(C)CO. The van der Waals surface area contributed by atoms with E-state index < -0.39 is 5.54 Å². The van der Waals surface area contributed by atoms with E-state index in [4.69, 9.17) is 11.6 Å². The van der Waals surface area contributed by atoms with Crippen molar-refractivity contribution in [3.05, 3.63) is 29.0 Å². The van der Waals surface area contributed by atoms with Gasteiger partial charge in [-0.3, -0.25) is 4.79 Å².